The highest BCUT2D eigenvalue weighted by molar-refractivity contribution is 6.33. The summed E-state index contributed by atoms with van der Waals surface area (Å²) in [7, 11) is 0. The molecule has 2 aromatic carbocycles. The summed E-state index contributed by atoms with van der Waals surface area (Å²) in [5, 5.41) is 13.8. The standard InChI is InChI=1S/C22H17ClFN5O2/c23-17-7-8-25-20(24)19(17)22(31)29-18(12-26-21(30)16-10-27-28-11-16)15-6-5-13-3-1-2-4-14(13)9-15/h1-11,18H,12H2,(H,26,30)(H,27,28)(H,29,31). The molecule has 7 nitrogen and oxygen atoms in total. The quantitative estimate of drug-likeness (QED) is 0.401. The second kappa shape index (κ2) is 8.93. The molecule has 0 radical (unpaired) electrons. The first kappa shape index (κ1) is 20.5. The SMILES string of the molecule is O=C(NCC(NC(=O)c1c(Cl)ccnc1F)c1ccc2ccccc2c1)c1cn[nH]c1. The summed E-state index contributed by atoms with van der Waals surface area (Å²) in [5.41, 5.74) is 0.737. The Hall–Kier alpha value is -3.78. The van der Waals surface area contributed by atoms with E-state index in [0.29, 0.717) is 5.56 Å². The Morgan fingerprint density at radius 1 is 1.10 bits per heavy atom. The lowest BCUT2D eigenvalue weighted by molar-refractivity contribution is 0.0905. The van der Waals surface area contributed by atoms with Gasteiger partial charge in [0.1, 0.15) is 5.56 Å². The van der Waals surface area contributed by atoms with Crippen LogP contribution in [0.4, 0.5) is 4.39 Å². The number of amides is 2. The van der Waals surface area contributed by atoms with Crippen LogP contribution in [0.25, 0.3) is 10.8 Å². The first-order chi connectivity index (χ1) is 15.0. The maximum atomic E-state index is 14.1. The van der Waals surface area contributed by atoms with Gasteiger partial charge >= 0.3 is 0 Å². The highest BCUT2D eigenvalue weighted by Gasteiger charge is 2.22. The van der Waals surface area contributed by atoms with Crippen molar-refractivity contribution in [3.8, 4) is 0 Å². The number of halogens is 2. The average Bonchev–Trinajstić information content (AvgIpc) is 3.31. The van der Waals surface area contributed by atoms with Crippen LogP contribution >= 0.6 is 11.6 Å². The maximum absolute atomic E-state index is 14.1. The van der Waals surface area contributed by atoms with Crippen LogP contribution in [0.3, 0.4) is 0 Å². The summed E-state index contributed by atoms with van der Waals surface area (Å²) in [6, 6.07) is 14.1. The second-order valence-corrected chi connectivity index (χ2v) is 7.20. The first-order valence-electron chi connectivity index (χ1n) is 9.39. The van der Waals surface area contributed by atoms with Crippen LogP contribution in [-0.4, -0.2) is 33.5 Å². The van der Waals surface area contributed by atoms with Gasteiger partial charge in [0.2, 0.25) is 5.95 Å². The van der Waals surface area contributed by atoms with E-state index in [-0.39, 0.29) is 23.0 Å². The predicted octanol–water partition coefficient (Wildman–Crippen LogP) is 3.65. The molecule has 2 heterocycles. The zero-order valence-electron chi connectivity index (χ0n) is 16.1. The Labute approximate surface area is 181 Å². The summed E-state index contributed by atoms with van der Waals surface area (Å²) in [6.45, 7) is 0.0631. The number of hydrogen-bond acceptors (Lipinski definition) is 4. The molecule has 0 aliphatic heterocycles. The van der Waals surface area contributed by atoms with E-state index >= 15 is 0 Å². The Balaban J connectivity index is 1.62. The van der Waals surface area contributed by atoms with Gasteiger partial charge in [0, 0.05) is 18.9 Å². The lowest BCUT2D eigenvalue weighted by Gasteiger charge is -2.21. The molecule has 0 aliphatic carbocycles. The number of H-pyrrole nitrogens is 1. The molecule has 1 atom stereocenters. The second-order valence-electron chi connectivity index (χ2n) is 6.79. The molecule has 2 amide bonds. The maximum Gasteiger partial charge on any atom is 0.258 e. The molecule has 0 fully saturated rings. The topological polar surface area (TPSA) is 99.8 Å². The highest BCUT2D eigenvalue weighted by Crippen LogP contribution is 2.22. The molecule has 9 heteroatoms. The fraction of sp³-hybridized carbons (Fsp3) is 0.0909. The Bertz CT molecular complexity index is 1230. The van der Waals surface area contributed by atoms with Gasteiger partial charge in [-0.2, -0.15) is 9.49 Å². The lowest BCUT2D eigenvalue weighted by atomic mass is 10.0. The van der Waals surface area contributed by atoms with E-state index < -0.39 is 17.9 Å². The van der Waals surface area contributed by atoms with E-state index in [0.717, 1.165) is 16.3 Å². The summed E-state index contributed by atoms with van der Waals surface area (Å²) >= 11 is 6.01. The van der Waals surface area contributed by atoms with Crippen LogP contribution in [0.15, 0.2) is 67.1 Å². The minimum absolute atomic E-state index is 0.0512. The summed E-state index contributed by atoms with van der Waals surface area (Å²) < 4.78 is 14.1. The third-order valence-electron chi connectivity index (χ3n) is 4.79. The van der Waals surface area contributed by atoms with Gasteiger partial charge in [-0.3, -0.25) is 14.7 Å². The van der Waals surface area contributed by atoms with Gasteiger partial charge in [-0.1, -0.05) is 48.0 Å². The predicted molar refractivity (Wildman–Crippen MR) is 114 cm³/mol. The third kappa shape index (κ3) is 4.54. The summed E-state index contributed by atoms with van der Waals surface area (Å²) in [5.74, 6) is -2.06. The number of carbonyl (C=O) groups is 2. The summed E-state index contributed by atoms with van der Waals surface area (Å²) in [4.78, 5) is 28.6. The highest BCUT2D eigenvalue weighted by atomic mass is 35.5. The van der Waals surface area contributed by atoms with Crippen molar-refractivity contribution in [2.24, 2.45) is 0 Å². The average molecular weight is 438 g/mol. The normalized spacial score (nSPS) is 11.8. The van der Waals surface area contributed by atoms with Crippen molar-refractivity contribution in [2.75, 3.05) is 6.54 Å². The van der Waals surface area contributed by atoms with Crippen molar-refractivity contribution in [1.82, 2.24) is 25.8 Å². The van der Waals surface area contributed by atoms with E-state index in [1.165, 1.54) is 24.7 Å². The number of rotatable bonds is 6. The molecule has 0 spiro atoms. The van der Waals surface area contributed by atoms with Crippen molar-refractivity contribution in [3.05, 3.63) is 94.8 Å². The van der Waals surface area contributed by atoms with E-state index in [9.17, 15) is 14.0 Å². The van der Waals surface area contributed by atoms with Gasteiger partial charge < -0.3 is 10.6 Å². The molecule has 4 rings (SSSR count). The van der Waals surface area contributed by atoms with Crippen LogP contribution < -0.4 is 10.6 Å². The smallest absolute Gasteiger partial charge is 0.258 e. The van der Waals surface area contributed by atoms with Crippen LogP contribution in [0, 0.1) is 5.95 Å². The third-order valence-corrected chi connectivity index (χ3v) is 5.10. The number of carbonyl (C=O) groups excluding carboxylic acids is 2. The van der Waals surface area contributed by atoms with Crippen molar-refractivity contribution >= 4 is 34.2 Å². The molecular formula is C22H17ClFN5O2. The van der Waals surface area contributed by atoms with Crippen LogP contribution in [0.5, 0.6) is 0 Å². The summed E-state index contributed by atoms with van der Waals surface area (Å²) in [6.07, 6.45) is 4.04. The van der Waals surface area contributed by atoms with E-state index in [1.807, 2.05) is 42.5 Å². The van der Waals surface area contributed by atoms with Crippen LogP contribution in [-0.2, 0) is 0 Å². The number of nitrogens with zero attached hydrogens (tertiary/aromatic N) is 2. The molecule has 3 N–H and O–H groups in total. The number of hydrogen-bond donors (Lipinski definition) is 3. The molecule has 1 unspecified atom stereocenters. The van der Waals surface area contributed by atoms with Gasteiger partial charge in [-0.15, -0.1) is 0 Å². The number of fused-ring (bicyclic) bond motifs is 1. The molecule has 4 aromatic rings. The van der Waals surface area contributed by atoms with Crippen molar-refractivity contribution in [3.63, 3.8) is 0 Å². The molecule has 0 saturated heterocycles. The molecule has 2 aromatic heterocycles. The molecule has 0 aliphatic rings. The molecular weight excluding hydrogens is 421 g/mol. The van der Waals surface area contributed by atoms with E-state index in [1.54, 1.807) is 0 Å². The van der Waals surface area contributed by atoms with Gasteiger partial charge in [0.25, 0.3) is 11.8 Å². The number of aromatic amines is 1. The number of pyridine rings is 1. The fourth-order valence-corrected chi connectivity index (χ4v) is 3.42. The monoisotopic (exact) mass is 437 g/mol. The largest absolute Gasteiger partial charge is 0.350 e. The minimum atomic E-state index is -0.968. The molecule has 156 valence electrons. The van der Waals surface area contributed by atoms with Gasteiger partial charge in [-0.25, -0.2) is 4.98 Å². The van der Waals surface area contributed by atoms with Gasteiger partial charge in [0.15, 0.2) is 0 Å². The number of benzene rings is 2. The lowest BCUT2D eigenvalue weighted by Crippen LogP contribution is -2.38. The van der Waals surface area contributed by atoms with Gasteiger partial charge in [0.05, 0.1) is 22.8 Å². The van der Waals surface area contributed by atoms with Crippen LogP contribution in [0.1, 0.15) is 32.3 Å². The molecule has 0 saturated carbocycles. The van der Waals surface area contributed by atoms with Crippen molar-refractivity contribution in [2.45, 2.75) is 6.04 Å². The van der Waals surface area contributed by atoms with Gasteiger partial charge in [-0.05, 0) is 28.5 Å². The Morgan fingerprint density at radius 3 is 2.65 bits per heavy atom. The zero-order valence-corrected chi connectivity index (χ0v) is 16.9. The van der Waals surface area contributed by atoms with Crippen molar-refractivity contribution < 1.29 is 14.0 Å². The van der Waals surface area contributed by atoms with Crippen molar-refractivity contribution in [1.29, 1.82) is 0 Å². The fourth-order valence-electron chi connectivity index (χ4n) is 3.20. The molecule has 31 heavy (non-hydrogen) atoms. The Morgan fingerprint density at radius 2 is 1.90 bits per heavy atom. The zero-order chi connectivity index (χ0) is 21.8. The van der Waals surface area contributed by atoms with E-state index in [2.05, 4.69) is 25.8 Å². The van der Waals surface area contributed by atoms with Crippen LogP contribution in [0.2, 0.25) is 5.02 Å². The first-order valence-corrected chi connectivity index (χ1v) is 9.77. The number of nitrogens with one attached hydrogen (secondary N) is 3. The minimum Gasteiger partial charge on any atom is -0.350 e. The number of aromatic nitrogens is 3. The van der Waals surface area contributed by atoms with E-state index in [4.69, 9.17) is 11.6 Å². The molecule has 0 bridgehead atoms. The Kier molecular flexibility index (Phi) is 5.90.